The lowest BCUT2D eigenvalue weighted by Gasteiger charge is -2.26. The molecule has 1 aliphatic heterocycles. The highest BCUT2D eigenvalue weighted by atomic mass is 16.5. The van der Waals surface area contributed by atoms with Crippen LogP contribution in [0.15, 0.2) is 34.7 Å². The Morgan fingerprint density at radius 3 is 2.70 bits per heavy atom. The van der Waals surface area contributed by atoms with E-state index in [9.17, 15) is 0 Å². The molecule has 7 heteroatoms. The highest BCUT2D eigenvalue weighted by Crippen LogP contribution is 2.11. The van der Waals surface area contributed by atoms with Crippen LogP contribution >= 0.6 is 0 Å². The van der Waals surface area contributed by atoms with Crippen molar-refractivity contribution in [2.45, 2.75) is 13.2 Å². The molecule has 0 amide bonds. The van der Waals surface area contributed by atoms with Gasteiger partial charge in [0.15, 0.2) is 6.61 Å². The van der Waals surface area contributed by atoms with E-state index in [1.807, 2.05) is 30.3 Å². The van der Waals surface area contributed by atoms with Gasteiger partial charge in [-0.2, -0.15) is 0 Å². The number of morpholine rings is 1. The zero-order valence-electron chi connectivity index (χ0n) is 13.1. The minimum Gasteiger partial charge on any atom is -0.484 e. The van der Waals surface area contributed by atoms with E-state index in [1.165, 1.54) is 0 Å². The van der Waals surface area contributed by atoms with Crippen molar-refractivity contribution < 1.29 is 13.9 Å². The van der Waals surface area contributed by atoms with Crippen molar-refractivity contribution in [2.75, 3.05) is 39.4 Å². The molecule has 3 rings (SSSR count). The number of aromatic nitrogens is 2. The maximum atomic E-state index is 5.58. The highest BCUT2D eigenvalue weighted by molar-refractivity contribution is 5.20. The first-order valence-corrected chi connectivity index (χ1v) is 7.90. The Morgan fingerprint density at radius 2 is 1.87 bits per heavy atom. The Morgan fingerprint density at radius 1 is 1.09 bits per heavy atom. The molecule has 0 atom stereocenters. The second kappa shape index (κ2) is 8.61. The van der Waals surface area contributed by atoms with E-state index in [0.29, 0.717) is 18.3 Å². The number of hydrogen-bond acceptors (Lipinski definition) is 7. The second-order valence-corrected chi connectivity index (χ2v) is 5.32. The molecule has 1 saturated heterocycles. The average molecular weight is 318 g/mol. The lowest BCUT2D eigenvalue weighted by atomic mass is 10.3. The maximum absolute atomic E-state index is 5.58. The van der Waals surface area contributed by atoms with Gasteiger partial charge < -0.3 is 19.2 Å². The number of nitrogens with one attached hydrogen (secondary N) is 1. The zero-order valence-corrected chi connectivity index (χ0v) is 13.1. The summed E-state index contributed by atoms with van der Waals surface area (Å²) in [4.78, 5) is 2.38. The first kappa shape index (κ1) is 15.9. The molecule has 0 bridgehead atoms. The monoisotopic (exact) mass is 318 g/mol. The van der Waals surface area contributed by atoms with Gasteiger partial charge in [0.2, 0.25) is 5.89 Å². The van der Waals surface area contributed by atoms with E-state index in [2.05, 4.69) is 20.4 Å². The number of ether oxygens (including phenoxy) is 2. The molecule has 1 aromatic heterocycles. The third-order valence-electron chi connectivity index (χ3n) is 3.60. The molecule has 1 N–H and O–H groups in total. The molecule has 2 heterocycles. The molecule has 1 fully saturated rings. The van der Waals surface area contributed by atoms with Gasteiger partial charge in [0.05, 0.1) is 19.8 Å². The summed E-state index contributed by atoms with van der Waals surface area (Å²) in [5, 5.41) is 11.3. The Bertz CT molecular complexity index is 570. The molecule has 1 aliphatic rings. The Labute approximate surface area is 135 Å². The molecule has 0 unspecified atom stereocenters. The summed E-state index contributed by atoms with van der Waals surface area (Å²) >= 11 is 0. The van der Waals surface area contributed by atoms with Crippen molar-refractivity contribution >= 4 is 0 Å². The first-order valence-electron chi connectivity index (χ1n) is 7.90. The molecule has 124 valence electrons. The number of rotatable bonds is 8. The lowest BCUT2D eigenvalue weighted by Crippen LogP contribution is -2.40. The summed E-state index contributed by atoms with van der Waals surface area (Å²) in [7, 11) is 0. The van der Waals surface area contributed by atoms with Crippen molar-refractivity contribution in [3.63, 3.8) is 0 Å². The SMILES string of the molecule is c1ccc(OCc2nnc(CNCCN3CCOCC3)o2)cc1. The molecule has 1 aromatic carbocycles. The Balaban J connectivity index is 1.34. The Kier molecular flexibility index (Phi) is 5.96. The van der Waals surface area contributed by atoms with E-state index in [4.69, 9.17) is 13.9 Å². The summed E-state index contributed by atoms with van der Waals surface area (Å²) in [6.07, 6.45) is 0. The van der Waals surface area contributed by atoms with Crippen LogP contribution in [0.25, 0.3) is 0 Å². The molecule has 23 heavy (non-hydrogen) atoms. The van der Waals surface area contributed by atoms with Crippen LogP contribution in [-0.2, 0) is 17.9 Å². The quantitative estimate of drug-likeness (QED) is 0.730. The molecule has 7 nitrogen and oxygen atoms in total. The van der Waals surface area contributed by atoms with Crippen LogP contribution in [0.4, 0.5) is 0 Å². The van der Waals surface area contributed by atoms with Gasteiger partial charge in [0.25, 0.3) is 5.89 Å². The third kappa shape index (κ3) is 5.31. The number of para-hydroxylation sites is 1. The van der Waals surface area contributed by atoms with E-state index in [-0.39, 0.29) is 6.61 Å². The van der Waals surface area contributed by atoms with Gasteiger partial charge in [-0.25, -0.2) is 0 Å². The summed E-state index contributed by atoms with van der Waals surface area (Å²) in [5.74, 6) is 1.85. The maximum Gasteiger partial charge on any atom is 0.253 e. The smallest absolute Gasteiger partial charge is 0.253 e. The molecule has 0 aliphatic carbocycles. The van der Waals surface area contributed by atoms with Crippen molar-refractivity contribution in [1.82, 2.24) is 20.4 Å². The molecular formula is C16H22N4O3. The van der Waals surface area contributed by atoms with Gasteiger partial charge in [-0.3, -0.25) is 4.90 Å². The fourth-order valence-corrected chi connectivity index (χ4v) is 2.34. The van der Waals surface area contributed by atoms with Crippen molar-refractivity contribution in [3.8, 4) is 5.75 Å². The van der Waals surface area contributed by atoms with Gasteiger partial charge in [-0.05, 0) is 12.1 Å². The van der Waals surface area contributed by atoms with Gasteiger partial charge in [0.1, 0.15) is 5.75 Å². The summed E-state index contributed by atoms with van der Waals surface area (Å²) in [5.41, 5.74) is 0. The first-order chi connectivity index (χ1) is 11.4. The lowest BCUT2D eigenvalue weighted by molar-refractivity contribution is 0.0383. The van der Waals surface area contributed by atoms with Crippen molar-refractivity contribution in [3.05, 3.63) is 42.1 Å². The van der Waals surface area contributed by atoms with Crippen LogP contribution in [0.3, 0.4) is 0 Å². The summed E-state index contributed by atoms with van der Waals surface area (Å²) < 4.78 is 16.5. The topological polar surface area (TPSA) is 72.7 Å². The van der Waals surface area contributed by atoms with Gasteiger partial charge in [0, 0.05) is 26.2 Å². The standard InChI is InChI=1S/C16H22N4O3/c1-2-4-14(5-3-1)22-13-16-19-18-15(23-16)12-17-6-7-20-8-10-21-11-9-20/h1-5,17H,6-13H2. The molecule has 0 radical (unpaired) electrons. The van der Waals surface area contributed by atoms with E-state index < -0.39 is 0 Å². The van der Waals surface area contributed by atoms with Crippen LogP contribution in [-0.4, -0.2) is 54.5 Å². The van der Waals surface area contributed by atoms with Crippen LogP contribution in [0.5, 0.6) is 5.75 Å². The average Bonchev–Trinajstić information content (AvgIpc) is 3.07. The summed E-state index contributed by atoms with van der Waals surface area (Å²) in [6, 6.07) is 9.58. The van der Waals surface area contributed by atoms with Crippen molar-refractivity contribution in [2.24, 2.45) is 0 Å². The third-order valence-corrected chi connectivity index (χ3v) is 3.60. The van der Waals surface area contributed by atoms with Crippen LogP contribution in [0.1, 0.15) is 11.8 Å². The number of benzene rings is 1. The molecule has 0 saturated carbocycles. The molecule has 0 spiro atoms. The fourth-order valence-electron chi connectivity index (χ4n) is 2.34. The molecule has 2 aromatic rings. The van der Waals surface area contributed by atoms with Crippen LogP contribution < -0.4 is 10.1 Å². The van der Waals surface area contributed by atoms with E-state index >= 15 is 0 Å². The predicted molar refractivity (Wildman–Crippen MR) is 84.0 cm³/mol. The number of hydrogen-bond donors (Lipinski definition) is 1. The predicted octanol–water partition coefficient (Wildman–Crippen LogP) is 1.07. The van der Waals surface area contributed by atoms with Crippen LogP contribution in [0.2, 0.25) is 0 Å². The van der Waals surface area contributed by atoms with Crippen molar-refractivity contribution in [1.29, 1.82) is 0 Å². The van der Waals surface area contributed by atoms with E-state index in [0.717, 1.165) is 45.1 Å². The normalized spacial score (nSPS) is 15.7. The van der Waals surface area contributed by atoms with Crippen LogP contribution in [0, 0.1) is 0 Å². The molecular weight excluding hydrogens is 296 g/mol. The van der Waals surface area contributed by atoms with E-state index in [1.54, 1.807) is 0 Å². The largest absolute Gasteiger partial charge is 0.484 e. The minimum absolute atomic E-state index is 0.283. The minimum atomic E-state index is 0.283. The second-order valence-electron chi connectivity index (χ2n) is 5.32. The Hall–Kier alpha value is -1.96. The van der Waals surface area contributed by atoms with Gasteiger partial charge in [-0.15, -0.1) is 10.2 Å². The fraction of sp³-hybridized carbons (Fsp3) is 0.500. The highest BCUT2D eigenvalue weighted by Gasteiger charge is 2.10. The van der Waals surface area contributed by atoms with Gasteiger partial charge >= 0.3 is 0 Å². The van der Waals surface area contributed by atoms with Gasteiger partial charge in [-0.1, -0.05) is 18.2 Å². The zero-order chi connectivity index (χ0) is 15.7. The number of nitrogens with zero attached hydrogens (tertiary/aromatic N) is 3. The summed E-state index contributed by atoms with van der Waals surface area (Å²) in [6.45, 7) is 6.41.